The second-order valence-corrected chi connectivity index (χ2v) is 16.1. The van der Waals surface area contributed by atoms with Gasteiger partial charge in [0.1, 0.15) is 10.6 Å². The van der Waals surface area contributed by atoms with E-state index in [1.807, 2.05) is 45.0 Å². The standard InChI is InChI=1S/C24H35NO4SSi/c1-23(2,3)18-14-19(30-20(18)22(27)28-7)21(26)25-15-16-11-10-12-17(13-16)29-31(8,9)24(4,5)6/h10-14H,15H2,1-9H3,(H,25,26). The Balaban J connectivity index is 2.15. The van der Waals surface area contributed by atoms with Gasteiger partial charge in [-0.2, -0.15) is 0 Å². The van der Waals surface area contributed by atoms with Crippen molar-refractivity contribution in [1.82, 2.24) is 5.32 Å². The number of ether oxygens (including phenoxy) is 1. The Kier molecular flexibility index (Phi) is 7.43. The summed E-state index contributed by atoms with van der Waals surface area (Å²) in [4.78, 5) is 25.9. The lowest BCUT2D eigenvalue weighted by Crippen LogP contribution is -2.43. The van der Waals surface area contributed by atoms with Crippen LogP contribution in [0.25, 0.3) is 0 Å². The molecule has 1 heterocycles. The molecule has 5 nitrogen and oxygen atoms in total. The van der Waals surface area contributed by atoms with Crippen molar-refractivity contribution in [2.45, 2.75) is 71.6 Å². The van der Waals surface area contributed by atoms with Crippen molar-refractivity contribution in [2.24, 2.45) is 0 Å². The number of rotatable bonds is 6. The zero-order valence-electron chi connectivity index (χ0n) is 20.1. The third-order valence-corrected chi connectivity index (χ3v) is 11.1. The number of methoxy groups -OCH3 is 1. The average Bonchev–Trinajstić information content (AvgIpc) is 3.10. The Labute approximate surface area is 191 Å². The summed E-state index contributed by atoms with van der Waals surface area (Å²) in [6, 6.07) is 9.65. The van der Waals surface area contributed by atoms with Crippen LogP contribution < -0.4 is 9.74 Å². The van der Waals surface area contributed by atoms with Crippen LogP contribution in [0, 0.1) is 0 Å². The Morgan fingerprint density at radius 2 is 1.71 bits per heavy atom. The highest BCUT2D eigenvalue weighted by molar-refractivity contribution is 7.16. The third kappa shape index (κ3) is 6.20. The number of hydrogen-bond donors (Lipinski definition) is 1. The summed E-state index contributed by atoms with van der Waals surface area (Å²) in [5.41, 5.74) is 1.51. The van der Waals surface area contributed by atoms with Gasteiger partial charge in [0.25, 0.3) is 5.91 Å². The third-order valence-electron chi connectivity index (χ3n) is 5.67. The fraction of sp³-hybridized carbons (Fsp3) is 0.500. The highest BCUT2D eigenvalue weighted by atomic mass is 32.1. The van der Waals surface area contributed by atoms with Gasteiger partial charge in [-0.15, -0.1) is 11.3 Å². The van der Waals surface area contributed by atoms with Crippen molar-refractivity contribution in [2.75, 3.05) is 7.11 Å². The Morgan fingerprint density at radius 3 is 2.26 bits per heavy atom. The van der Waals surface area contributed by atoms with E-state index < -0.39 is 14.3 Å². The zero-order valence-corrected chi connectivity index (χ0v) is 22.0. The van der Waals surface area contributed by atoms with E-state index in [9.17, 15) is 9.59 Å². The fourth-order valence-corrected chi connectivity index (χ4v) is 4.97. The minimum absolute atomic E-state index is 0.110. The summed E-state index contributed by atoms with van der Waals surface area (Å²) in [6.07, 6.45) is 0. The predicted octanol–water partition coefficient (Wildman–Crippen LogP) is 6.15. The molecule has 0 bridgehead atoms. The Morgan fingerprint density at radius 1 is 1.06 bits per heavy atom. The molecule has 170 valence electrons. The molecule has 0 aliphatic heterocycles. The Bertz CT molecular complexity index is 951. The predicted molar refractivity (Wildman–Crippen MR) is 130 cm³/mol. The van der Waals surface area contributed by atoms with E-state index in [0.29, 0.717) is 16.3 Å². The highest BCUT2D eigenvalue weighted by Crippen LogP contribution is 2.37. The van der Waals surface area contributed by atoms with Gasteiger partial charge in [-0.3, -0.25) is 4.79 Å². The molecule has 2 rings (SSSR count). The van der Waals surface area contributed by atoms with Gasteiger partial charge in [-0.1, -0.05) is 53.7 Å². The van der Waals surface area contributed by atoms with Gasteiger partial charge in [0.05, 0.1) is 12.0 Å². The highest BCUT2D eigenvalue weighted by Gasteiger charge is 2.39. The minimum Gasteiger partial charge on any atom is -0.543 e. The largest absolute Gasteiger partial charge is 0.543 e. The van der Waals surface area contributed by atoms with Crippen molar-refractivity contribution in [3.63, 3.8) is 0 Å². The molecular formula is C24H35NO4SSi. The maximum Gasteiger partial charge on any atom is 0.348 e. The maximum atomic E-state index is 12.8. The van der Waals surface area contributed by atoms with Crippen LogP contribution in [0.5, 0.6) is 5.75 Å². The van der Waals surface area contributed by atoms with Crippen LogP contribution in [-0.4, -0.2) is 27.3 Å². The van der Waals surface area contributed by atoms with Gasteiger partial charge in [0.2, 0.25) is 8.32 Å². The van der Waals surface area contributed by atoms with Crippen LogP contribution in [0.3, 0.4) is 0 Å². The molecular weight excluding hydrogens is 426 g/mol. The van der Waals surface area contributed by atoms with Gasteiger partial charge in [0.15, 0.2) is 0 Å². The molecule has 0 aliphatic carbocycles. The van der Waals surface area contributed by atoms with Crippen LogP contribution in [0.1, 0.15) is 72.0 Å². The van der Waals surface area contributed by atoms with Crippen LogP contribution in [0.15, 0.2) is 30.3 Å². The minimum atomic E-state index is -1.93. The van der Waals surface area contributed by atoms with Crippen molar-refractivity contribution >= 4 is 31.5 Å². The summed E-state index contributed by atoms with van der Waals surface area (Å²) in [6.45, 7) is 17.5. The fourth-order valence-electron chi connectivity index (χ4n) is 2.74. The topological polar surface area (TPSA) is 64.6 Å². The lowest BCUT2D eigenvalue weighted by molar-refractivity contribution is 0.0603. The maximum absolute atomic E-state index is 12.8. The monoisotopic (exact) mass is 461 g/mol. The number of nitrogens with one attached hydrogen (secondary N) is 1. The molecule has 0 spiro atoms. The van der Waals surface area contributed by atoms with Crippen molar-refractivity contribution in [1.29, 1.82) is 0 Å². The van der Waals surface area contributed by atoms with Gasteiger partial charge in [-0.05, 0) is 52.9 Å². The summed E-state index contributed by atoms with van der Waals surface area (Å²) in [7, 11) is -0.577. The summed E-state index contributed by atoms with van der Waals surface area (Å²) >= 11 is 1.17. The molecule has 1 amide bonds. The van der Waals surface area contributed by atoms with Crippen LogP contribution in [0.4, 0.5) is 0 Å². The molecule has 1 aromatic heterocycles. The summed E-state index contributed by atoms with van der Waals surface area (Å²) in [5.74, 6) is 0.211. The Hall–Kier alpha value is -2.12. The molecule has 0 atom stereocenters. The summed E-state index contributed by atoms with van der Waals surface area (Å²) < 4.78 is 11.3. The van der Waals surface area contributed by atoms with Gasteiger partial charge < -0.3 is 14.5 Å². The lowest BCUT2D eigenvalue weighted by atomic mass is 9.87. The molecule has 31 heavy (non-hydrogen) atoms. The number of esters is 1. The summed E-state index contributed by atoms with van der Waals surface area (Å²) in [5, 5.41) is 3.07. The van der Waals surface area contributed by atoms with Gasteiger partial charge in [-0.25, -0.2) is 4.79 Å². The van der Waals surface area contributed by atoms with Crippen molar-refractivity contribution in [3.8, 4) is 5.75 Å². The van der Waals surface area contributed by atoms with E-state index in [4.69, 9.17) is 9.16 Å². The quantitative estimate of drug-likeness (QED) is 0.414. The lowest BCUT2D eigenvalue weighted by Gasteiger charge is -2.36. The average molecular weight is 462 g/mol. The second-order valence-electron chi connectivity index (χ2n) is 10.3. The molecule has 0 fully saturated rings. The number of thiophene rings is 1. The van der Waals surface area contributed by atoms with E-state index in [-0.39, 0.29) is 16.4 Å². The second kappa shape index (κ2) is 9.16. The molecule has 1 aromatic carbocycles. The van der Waals surface area contributed by atoms with E-state index in [1.165, 1.54) is 18.4 Å². The first-order valence-electron chi connectivity index (χ1n) is 10.4. The smallest absolute Gasteiger partial charge is 0.348 e. The molecule has 0 saturated heterocycles. The van der Waals surface area contributed by atoms with Crippen LogP contribution in [0.2, 0.25) is 18.1 Å². The first-order valence-corrected chi connectivity index (χ1v) is 14.2. The first-order chi connectivity index (χ1) is 14.2. The van der Waals surface area contributed by atoms with Crippen LogP contribution in [-0.2, 0) is 16.7 Å². The normalized spacial score (nSPS) is 12.4. The molecule has 0 radical (unpaired) electrons. The number of amides is 1. The number of carbonyl (C=O) groups excluding carboxylic acids is 2. The zero-order chi connectivity index (χ0) is 23.6. The molecule has 2 aromatic rings. The van der Waals surface area contributed by atoms with Gasteiger partial charge >= 0.3 is 5.97 Å². The van der Waals surface area contributed by atoms with E-state index in [1.54, 1.807) is 6.07 Å². The molecule has 0 unspecified atom stereocenters. The van der Waals surface area contributed by atoms with Crippen molar-refractivity contribution < 1.29 is 18.8 Å². The van der Waals surface area contributed by atoms with E-state index >= 15 is 0 Å². The number of carbonyl (C=O) groups is 2. The van der Waals surface area contributed by atoms with Crippen LogP contribution >= 0.6 is 11.3 Å². The van der Waals surface area contributed by atoms with Gasteiger partial charge in [0, 0.05) is 6.54 Å². The van der Waals surface area contributed by atoms with E-state index in [0.717, 1.165) is 16.9 Å². The van der Waals surface area contributed by atoms with Crippen molar-refractivity contribution in [3.05, 3.63) is 51.2 Å². The molecule has 0 aliphatic rings. The number of hydrogen-bond acceptors (Lipinski definition) is 5. The SMILES string of the molecule is COC(=O)c1sc(C(=O)NCc2cccc(O[Si](C)(C)C(C)(C)C)c2)cc1C(C)(C)C. The van der Waals surface area contributed by atoms with E-state index in [2.05, 4.69) is 39.2 Å². The number of benzene rings is 1. The first kappa shape index (κ1) is 25.1. The molecule has 1 N–H and O–H groups in total. The molecule has 7 heteroatoms. The molecule has 0 saturated carbocycles.